The number of fused-ring (bicyclic) bond motifs is 1. The van der Waals surface area contributed by atoms with Gasteiger partial charge in [0.2, 0.25) is 5.95 Å². The second kappa shape index (κ2) is 8.63. The van der Waals surface area contributed by atoms with Crippen molar-refractivity contribution >= 4 is 59.9 Å². The van der Waals surface area contributed by atoms with Crippen molar-refractivity contribution < 1.29 is 14.0 Å². The predicted octanol–water partition coefficient (Wildman–Crippen LogP) is 4.31. The van der Waals surface area contributed by atoms with Gasteiger partial charge in [0.05, 0.1) is 39.7 Å². The quantitative estimate of drug-likeness (QED) is 0.581. The van der Waals surface area contributed by atoms with Crippen molar-refractivity contribution in [1.29, 1.82) is 0 Å². The molecule has 0 aliphatic carbocycles. The van der Waals surface area contributed by atoms with E-state index < -0.39 is 11.9 Å². The van der Waals surface area contributed by atoms with E-state index in [1.54, 1.807) is 18.2 Å². The number of hydrogen-bond donors (Lipinski definition) is 1. The van der Waals surface area contributed by atoms with E-state index in [4.69, 9.17) is 23.2 Å². The van der Waals surface area contributed by atoms with E-state index in [9.17, 15) is 14.0 Å². The van der Waals surface area contributed by atoms with Crippen LogP contribution in [0.5, 0.6) is 0 Å². The highest BCUT2D eigenvalue weighted by Gasteiger charge is 2.35. The molecular weight excluding hydrogens is 452 g/mol. The van der Waals surface area contributed by atoms with Crippen LogP contribution < -0.4 is 10.2 Å². The van der Waals surface area contributed by atoms with Gasteiger partial charge in [-0.2, -0.15) is 23.0 Å². The number of nitrogens with one attached hydrogen (secondary N) is 1. The van der Waals surface area contributed by atoms with E-state index in [1.165, 1.54) is 28.0 Å². The van der Waals surface area contributed by atoms with Crippen molar-refractivity contribution in [2.45, 2.75) is 13.0 Å². The topological polar surface area (TPSA) is 80.1 Å². The van der Waals surface area contributed by atoms with Crippen molar-refractivity contribution in [2.75, 3.05) is 16.8 Å². The van der Waals surface area contributed by atoms with Gasteiger partial charge in [-0.25, -0.2) is 4.98 Å². The van der Waals surface area contributed by atoms with E-state index in [-0.39, 0.29) is 36.7 Å². The minimum absolute atomic E-state index is 0. The Hall–Kier alpha value is -2.62. The second-order valence-corrected chi connectivity index (χ2v) is 7.35. The summed E-state index contributed by atoms with van der Waals surface area (Å²) < 4.78 is 14.5. The number of amides is 2. The molecule has 0 radical (unpaired) electrons. The average Bonchev–Trinajstić information content (AvgIpc) is 3.15. The van der Waals surface area contributed by atoms with Gasteiger partial charge in [0.25, 0.3) is 11.8 Å². The van der Waals surface area contributed by atoms with Gasteiger partial charge in [-0.05, 0) is 37.3 Å². The molecule has 1 aliphatic heterocycles. The average molecular weight is 468 g/mol. The van der Waals surface area contributed by atoms with Crippen molar-refractivity contribution in [3.05, 3.63) is 70.0 Å². The summed E-state index contributed by atoms with van der Waals surface area (Å²) in [6, 6.07) is 7.23. The second-order valence-electron chi connectivity index (χ2n) is 6.54. The molecule has 30 heavy (non-hydrogen) atoms. The number of benzene rings is 1. The van der Waals surface area contributed by atoms with E-state index in [1.807, 2.05) is 6.92 Å². The van der Waals surface area contributed by atoms with Crippen LogP contribution in [0.2, 0.25) is 10.0 Å². The maximum absolute atomic E-state index is 13.2. The number of halogens is 3. The maximum Gasteiger partial charge on any atom is 0.277 e. The highest BCUT2D eigenvalue weighted by atomic mass is 35.5. The molecule has 156 valence electrons. The van der Waals surface area contributed by atoms with Crippen molar-refractivity contribution in [1.82, 2.24) is 14.8 Å². The first-order valence-electron chi connectivity index (χ1n) is 8.62. The Balaban J connectivity index is 0.00000256. The molecule has 0 spiro atoms. The van der Waals surface area contributed by atoms with Crippen molar-refractivity contribution in [3.8, 4) is 0 Å². The fraction of sp³-hybridized carbons (Fsp3) is 0.158. The Kier molecular flexibility index (Phi) is 6.35. The van der Waals surface area contributed by atoms with Crippen LogP contribution in [0, 0.1) is 5.95 Å². The Morgan fingerprint density at radius 1 is 1.20 bits per heavy atom. The molecule has 2 aromatic heterocycles. The molecule has 0 unspecified atom stereocenters. The first-order chi connectivity index (χ1) is 13.8. The summed E-state index contributed by atoms with van der Waals surface area (Å²) in [5.74, 6) is -1.59. The molecule has 1 atom stereocenters. The lowest BCUT2D eigenvalue weighted by molar-refractivity contribution is 0.0939. The number of aromatic nitrogens is 3. The Labute approximate surface area is 188 Å². The molecule has 0 saturated carbocycles. The molecule has 3 aromatic rings. The molecule has 1 aliphatic rings. The maximum atomic E-state index is 13.2. The minimum atomic E-state index is -0.660. The van der Waals surface area contributed by atoms with Gasteiger partial charge in [0, 0.05) is 12.2 Å². The van der Waals surface area contributed by atoms with Gasteiger partial charge in [-0.15, -0.1) is 0 Å². The Bertz CT molecular complexity index is 1120. The predicted molar refractivity (Wildman–Crippen MR) is 118 cm³/mol. The number of nitrogens with zero attached hydrogens (tertiary/aromatic N) is 4. The highest BCUT2D eigenvalue weighted by Crippen LogP contribution is 2.32. The third-order valence-corrected chi connectivity index (χ3v) is 5.29. The summed E-state index contributed by atoms with van der Waals surface area (Å²) in [7, 11) is 0. The zero-order chi connectivity index (χ0) is 20.7. The third kappa shape index (κ3) is 4.00. The summed E-state index contributed by atoms with van der Waals surface area (Å²) in [5.41, 5.74) is 1.13. The number of carbonyl (C=O) groups excluding carboxylic acids is 2. The Morgan fingerprint density at radius 2 is 1.97 bits per heavy atom. The van der Waals surface area contributed by atoms with E-state index in [2.05, 4.69) is 15.4 Å². The molecule has 1 aromatic carbocycles. The van der Waals surface area contributed by atoms with Crippen LogP contribution in [0.15, 0.2) is 42.7 Å². The number of rotatable bonds is 3. The fourth-order valence-corrected chi connectivity index (χ4v) is 3.44. The largest absolute Gasteiger partial charge is 0.320 e. The molecule has 4 rings (SSSR count). The summed E-state index contributed by atoms with van der Waals surface area (Å²) in [5, 5.41) is 7.51. The molecule has 3 heterocycles. The lowest BCUT2D eigenvalue weighted by Crippen LogP contribution is -2.43. The number of carbonyl (C=O) groups is 2. The van der Waals surface area contributed by atoms with Crippen LogP contribution in [-0.2, 0) is 0 Å². The van der Waals surface area contributed by atoms with Crippen molar-refractivity contribution in [2.24, 2.45) is 0 Å². The molecule has 11 heteroatoms. The van der Waals surface area contributed by atoms with Crippen LogP contribution in [0.25, 0.3) is 0 Å². The Morgan fingerprint density at radius 3 is 2.63 bits per heavy atom. The first-order valence-corrected chi connectivity index (χ1v) is 9.38. The zero-order valence-electron chi connectivity index (χ0n) is 15.6. The van der Waals surface area contributed by atoms with Crippen LogP contribution in [0.1, 0.15) is 33.8 Å². The smallest absolute Gasteiger partial charge is 0.277 e. The van der Waals surface area contributed by atoms with Gasteiger partial charge in [-0.3, -0.25) is 14.3 Å². The monoisotopic (exact) mass is 467 g/mol. The molecule has 7 nitrogen and oxygen atoms in total. The standard InChI is InChI=1S/C19H14Cl2FN5O2.H2S/c1-10-9-26(12-3-4-14(20)15(21)6-12)19(29)17-13(8-24-27(10)17)18(28)25-11-2-5-16(22)23-7-11;/h2-8,10H,9H2,1H3,(H,25,28);1H2/t10-;/m0./s1. The minimum Gasteiger partial charge on any atom is -0.320 e. The van der Waals surface area contributed by atoms with E-state index in [0.29, 0.717) is 28.0 Å². The summed E-state index contributed by atoms with van der Waals surface area (Å²) in [6.45, 7) is 2.24. The molecule has 1 N–H and O–H groups in total. The summed E-state index contributed by atoms with van der Waals surface area (Å²) in [4.78, 5) is 30.9. The fourth-order valence-electron chi connectivity index (χ4n) is 3.15. The molecule has 2 amide bonds. The van der Waals surface area contributed by atoms with Gasteiger partial charge in [0.15, 0.2) is 0 Å². The number of anilines is 2. The van der Waals surface area contributed by atoms with Crippen LogP contribution in [0.3, 0.4) is 0 Å². The van der Waals surface area contributed by atoms with E-state index >= 15 is 0 Å². The van der Waals surface area contributed by atoms with Gasteiger partial charge < -0.3 is 10.2 Å². The van der Waals surface area contributed by atoms with Crippen LogP contribution in [0.4, 0.5) is 15.8 Å². The van der Waals surface area contributed by atoms with Gasteiger partial charge in [0.1, 0.15) is 5.69 Å². The van der Waals surface area contributed by atoms with Gasteiger partial charge in [-0.1, -0.05) is 23.2 Å². The zero-order valence-corrected chi connectivity index (χ0v) is 18.1. The molecule has 0 saturated heterocycles. The normalized spacial score (nSPS) is 15.4. The first kappa shape index (κ1) is 22.1. The van der Waals surface area contributed by atoms with Crippen molar-refractivity contribution in [3.63, 3.8) is 0 Å². The summed E-state index contributed by atoms with van der Waals surface area (Å²) >= 11 is 12.1. The van der Waals surface area contributed by atoms with Crippen LogP contribution >= 0.6 is 36.7 Å². The SMILES string of the molecule is C[C@H]1CN(c2ccc(Cl)c(Cl)c2)C(=O)c2c(C(=O)Nc3ccc(F)nc3)cnn21.S. The third-order valence-electron chi connectivity index (χ3n) is 4.55. The molecular formula is C19H16Cl2FN5O2S. The number of hydrogen-bond acceptors (Lipinski definition) is 4. The van der Waals surface area contributed by atoms with Gasteiger partial charge >= 0.3 is 0 Å². The number of pyridine rings is 1. The highest BCUT2D eigenvalue weighted by molar-refractivity contribution is 7.59. The van der Waals surface area contributed by atoms with E-state index in [0.717, 1.165) is 6.07 Å². The molecule has 0 fully saturated rings. The lowest BCUT2D eigenvalue weighted by atomic mass is 10.1. The van der Waals surface area contributed by atoms with Crippen LogP contribution in [-0.4, -0.2) is 33.1 Å². The lowest BCUT2D eigenvalue weighted by Gasteiger charge is -2.32. The summed E-state index contributed by atoms with van der Waals surface area (Å²) in [6.07, 6.45) is 2.53. The molecule has 0 bridgehead atoms.